The Morgan fingerprint density at radius 3 is 2.47 bits per heavy atom. The highest BCUT2D eigenvalue weighted by atomic mass is 19.1. The third kappa shape index (κ3) is 2.69. The quantitative estimate of drug-likeness (QED) is 0.764. The van der Waals surface area contributed by atoms with Crippen molar-refractivity contribution in [2.75, 3.05) is 0 Å². The first-order chi connectivity index (χ1) is 8.19. The molecule has 3 nitrogen and oxygen atoms in total. The Balaban J connectivity index is 2.22. The number of aromatic nitrogens is 2. The minimum absolute atomic E-state index is 0.158. The van der Waals surface area contributed by atoms with Crippen LogP contribution in [0, 0.1) is 11.6 Å². The van der Waals surface area contributed by atoms with Gasteiger partial charge in [-0.1, -0.05) is 6.07 Å². The molecule has 0 aliphatic carbocycles. The second-order valence-electron chi connectivity index (χ2n) is 3.46. The van der Waals surface area contributed by atoms with Crippen molar-refractivity contribution < 1.29 is 13.6 Å². The number of carbonyl (C=O) groups excluding carboxylic acids is 1. The summed E-state index contributed by atoms with van der Waals surface area (Å²) in [5.74, 6) is -0.877. The van der Waals surface area contributed by atoms with Gasteiger partial charge >= 0.3 is 0 Å². The van der Waals surface area contributed by atoms with Crippen LogP contribution < -0.4 is 0 Å². The Morgan fingerprint density at radius 2 is 1.88 bits per heavy atom. The van der Waals surface area contributed by atoms with Gasteiger partial charge in [0.05, 0.1) is 5.56 Å². The normalized spacial score (nSPS) is 10.2. The molecule has 0 amide bonds. The van der Waals surface area contributed by atoms with Crippen molar-refractivity contribution in [3.8, 4) is 0 Å². The molecule has 0 aliphatic rings. The van der Waals surface area contributed by atoms with Gasteiger partial charge in [-0.05, 0) is 11.6 Å². The summed E-state index contributed by atoms with van der Waals surface area (Å²) >= 11 is 0. The summed E-state index contributed by atoms with van der Waals surface area (Å²) in [5.41, 5.74) is 0.665. The summed E-state index contributed by atoms with van der Waals surface area (Å²) in [4.78, 5) is 18.2. The second-order valence-corrected chi connectivity index (χ2v) is 3.46. The van der Waals surface area contributed by atoms with Crippen LogP contribution >= 0.6 is 0 Å². The maximum Gasteiger partial charge on any atom is 0.153 e. The fourth-order valence-corrected chi connectivity index (χ4v) is 1.35. The van der Waals surface area contributed by atoms with Crippen LogP contribution in [0.1, 0.15) is 21.7 Å². The molecule has 0 radical (unpaired) electrons. The summed E-state index contributed by atoms with van der Waals surface area (Å²) < 4.78 is 26.0. The zero-order valence-electron chi connectivity index (χ0n) is 8.73. The van der Waals surface area contributed by atoms with Crippen LogP contribution in [-0.4, -0.2) is 16.3 Å². The molecule has 0 atom stereocenters. The Kier molecular flexibility index (Phi) is 3.18. The monoisotopic (exact) mass is 234 g/mol. The molecular weight excluding hydrogens is 226 g/mol. The molecule has 0 saturated carbocycles. The first-order valence-corrected chi connectivity index (χ1v) is 4.89. The average Bonchev–Trinajstić information content (AvgIpc) is 2.34. The Labute approximate surface area is 96.2 Å². The van der Waals surface area contributed by atoms with Crippen molar-refractivity contribution in [1.29, 1.82) is 0 Å². The van der Waals surface area contributed by atoms with Crippen molar-refractivity contribution >= 4 is 6.29 Å². The lowest BCUT2D eigenvalue weighted by Crippen LogP contribution is -1.99. The first kappa shape index (κ1) is 11.3. The number of nitrogens with zero attached hydrogens (tertiary/aromatic N) is 2. The van der Waals surface area contributed by atoms with Gasteiger partial charge < -0.3 is 0 Å². The number of benzene rings is 1. The SMILES string of the molecule is O=Cc1cnc(Cc2ccc(F)cc2F)nc1. The molecule has 0 spiro atoms. The predicted octanol–water partition coefficient (Wildman–Crippen LogP) is 2.16. The van der Waals surface area contributed by atoms with Crippen LogP contribution in [0.25, 0.3) is 0 Å². The van der Waals surface area contributed by atoms with E-state index in [4.69, 9.17) is 0 Å². The van der Waals surface area contributed by atoms with Gasteiger partial charge in [0.2, 0.25) is 0 Å². The number of halogens is 2. The Morgan fingerprint density at radius 1 is 1.18 bits per heavy atom. The van der Waals surface area contributed by atoms with E-state index in [1.807, 2.05) is 0 Å². The van der Waals surface area contributed by atoms with Crippen molar-refractivity contribution in [2.24, 2.45) is 0 Å². The highest BCUT2D eigenvalue weighted by Gasteiger charge is 2.06. The molecular formula is C12H8F2N2O. The second kappa shape index (κ2) is 4.78. The molecule has 2 rings (SSSR count). The Hall–Kier alpha value is -2.17. The average molecular weight is 234 g/mol. The molecule has 1 aromatic carbocycles. The number of rotatable bonds is 3. The van der Waals surface area contributed by atoms with Crippen LogP contribution in [0.2, 0.25) is 0 Å². The van der Waals surface area contributed by atoms with Crippen LogP contribution in [0.4, 0.5) is 8.78 Å². The lowest BCUT2D eigenvalue weighted by atomic mass is 10.1. The molecule has 2 aromatic rings. The molecule has 0 unspecified atom stereocenters. The van der Waals surface area contributed by atoms with Crippen molar-refractivity contribution in [3.05, 3.63) is 59.2 Å². The summed E-state index contributed by atoms with van der Waals surface area (Å²) in [6, 6.07) is 3.34. The number of hydrogen-bond acceptors (Lipinski definition) is 3. The highest BCUT2D eigenvalue weighted by molar-refractivity contribution is 5.73. The molecule has 1 aromatic heterocycles. The fourth-order valence-electron chi connectivity index (χ4n) is 1.35. The topological polar surface area (TPSA) is 42.9 Å². The van der Waals surface area contributed by atoms with Crippen molar-refractivity contribution in [2.45, 2.75) is 6.42 Å². The molecule has 5 heteroatoms. The number of hydrogen-bond donors (Lipinski definition) is 0. The van der Waals surface area contributed by atoms with Crippen LogP contribution in [0.3, 0.4) is 0 Å². The maximum atomic E-state index is 13.3. The summed E-state index contributed by atoms with van der Waals surface area (Å²) in [6.45, 7) is 0. The zero-order chi connectivity index (χ0) is 12.3. The third-order valence-electron chi connectivity index (χ3n) is 2.23. The third-order valence-corrected chi connectivity index (χ3v) is 2.23. The molecule has 1 heterocycles. The number of carbonyl (C=O) groups is 1. The van der Waals surface area contributed by atoms with E-state index >= 15 is 0 Å². The van der Waals surface area contributed by atoms with E-state index in [-0.39, 0.29) is 6.42 Å². The van der Waals surface area contributed by atoms with E-state index in [0.29, 0.717) is 23.2 Å². The van der Waals surface area contributed by atoms with Gasteiger partial charge in [0.25, 0.3) is 0 Å². The van der Waals surface area contributed by atoms with Crippen molar-refractivity contribution in [1.82, 2.24) is 9.97 Å². The summed E-state index contributed by atoms with van der Waals surface area (Å²) in [6.07, 6.45) is 3.50. The van der Waals surface area contributed by atoms with Gasteiger partial charge in [-0.25, -0.2) is 18.7 Å². The van der Waals surface area contributed by atoms with Crippen LogP contribution in [-0.2, 0) is 6.42 Å². The van der Waals surface area contributed by atoms with Gasteiger partial charge in [-0.15, -0.1) is 0 Å². The molecule has 0 saturated heterocycles. The molecule has 0 aliphatic heterocycles. The Bertz CT molecular complexity index is 541. The van der Waals surface area contributed by atoms with E-state index in [1.54, 1.807) is 0 Å². The smallest absolute Gasteiger partial charge is 0.153 e. The lowest BCUT2D eigenvalue weighted by Gasteiger charge is -2.02. The standard InChI is InChI=1S/C12H8F2N2O/c13-10-2-1-9(11(14)4-10)3-12-15-5-8(7-17)6-16-12/h1-2,4-7H,3H2. The van der Waals surface area contributed by atoms with E-state index in [2.05, 4.69) is 9.97 Å². The zero-order valence-corrected chi connectivity index (χ0v) is 8.73. The molecule has 0 fully saturated rings. The van der Waals surface area contributed by atoms with Gasteiger partial charge in [0.1, 0.15) is 17.5 Å². The minimum Gasteiger partial charge on any atom is -0.298 e. The predicted molar refractivity (Wildman–Crippen MR) is 56.6 cm³/mol. The molecule has 0 bridgehead atoms. The maximum absolute atomic E-state index is 13.3. The summed E-state index contributed by atoms with van der Waals surface area (Å²) in [5, 5.41) is 0. The van der Waals surface area contributed by atoms with Crippen LogP contribution in [0.5, 0.6) is 0 Å². The van der Waals surface area contributed by atoms with Crippen LogP contribution in [0.15, 0.2) is 30.6 Å². The van der Waals surface area contributed by atoms with E-state index < -0.39 is 11.6 Å². The lowest BCUT2D eigenvalue weighted by molar-refractivity contribution is 0.112. The molecule has 86 valence electrons. The van der Waals surface area contributed by atoms with Crippen molar-refractivity contribution in [3.63, 3.8) is 0 Å². The van der Waals surface area contributed by atoms with Gasteiger partial charge in [-0.2, -0.15) is 0 Å². The minimum atomic E-state index is -0.631. The first-order valence-electron chi connectivity index (χ1n) is 4.89. The molecule has 0 N–H and O–H groups in total. The van der Waals surface area contributed by atoms with E-state index in [0.717, 1.165) is 6.07 Å². The largest absolute Gasteiger partial charge is 0.298 e. The molecule has 17 heavy (non-hydrogen) atoms. The van der Waals surface area contributed by atoms with Gasteiger partial charge in [0, 0.05) is 24.9 Å². The highest BCUT2D eigenvalue weighted by Crippen LogP contribution is 2.12. The summed E-state index contributed by atoms with van der Waals surface area (Å²) in [7, 11) is 0. The van der Waals surface area contributed by atoms with Gasteiger partial charge in [0.15, 0.2) is 6.29 Å². The van der Waals surface area contributed by atoms with E-state index in [9.17, 15) is 13.6 Å². The number of aldehydes is 1. The van der Waals surface area contributed by atoms with E-state index in [1.165, 1.54) is 24.5 Å². The van der Waals surface area contributed by atoms with Gasteiger partial charge in [-0.3, -0.25) is 4.79 Å². The fraction of sp³-hybridized carbons (Fsp3) is 0.0833.